The summed E-state index contributed by atoms with van der Waals surface area (Å²) in [5, 5.41) is 17.8. The van der Waals surface area contributed by atoms with Crippen LogP contribution in [0.5, 0.6) is 0 Å². The Bertz CT molecular complexity index is 3670. The van der Waals surface area contributed by atoms with Crippen molar-refractivity contribution < 1.29 is 0 Å². The summed E-state index contributed by atoms with van der Waals surface area (Å²) in [6.45, 7) is 0. The number of nitrogens with zero attached hydrogens (tertiary/aromatic N) is 2. The fourth-order valence-electron chi connectivity index (χ4n) is 10.3. The van der Waals surface area contributed by atoms with E-state index in [1.54, 1.807) is 0 Å². The molecule has 0 spiro atoms. The van der Waals surface area contributed by atoms with Gasteiger partial charge in [-0.1, -0.05) is 164 Å². The lowest BCUT2D eigenvalue weighted by Gasteiger charge is -2.28. The van der Waals surface area contributed by atoms with E-state index in [-0.39, 0.29) is 0 Å². The van der Waals surface area contributed by atoms with Gasteiger partial charge in [-0.3, -0.25) is 0 Å². The van der Waals surface area contributed by atoms with Crippen molar-refractivity contribution in [2.75, 3.05) is 9.80 Å². The second-order valence-corrected chi connectivity index (χ2v) is 16.5. The van der Waals surface area contributed by atoms with Gasteiger partial charge in [0.1, 0.15) is 0 Å². The zero-order valence-corrected chi connectivity index (χ0v) is 33.8. The molecule has 0 saturated carbocycles. The van der Waals surface area contributed by atoms with Crippen LogP contribution in [0.2, 0.25) is 0 Å². The summed E-state index contributed by atoms with van der Waals surface area (Å²) in [5.74, 6) is 0. The predicted molar refractivity (Wildman–Crippen MR) is 266 cm³/mol. The molecule has 0 aliphatic heterocycles. The fraction of sp³-hybridized carbons (Fsp3) is 0. The number of fused-ring (bicyclic) bond motifs is 1. The van der Waals surface area contributed by atoms with Gasteiger partial charge < -0.3 is 9.80 Å². The Kier molecular flexibility index (Phi) is 7.64. The molecular formula is C60H38N2. The number of hydrogen-bond acceptors (Lipinski definition) is 2. The molecule has 0 N–H and O–H groups in total. The van der Waals surface area contributed by atoms with Gasteiger partial charge >= 0.3 is 0 Å². The maximum atomic E-state index is 2.43. The molecule has 288 valence electrons. The maximum absolute atomic E-state index is 2.43. The van der Waals surface area contributed by atoms with E-state index in [0.29, 0.717) is 0 Å². The van der Waals surface area contributed by atoms with Gasteiger partial charge in [0.2, 0.25) is 0 Å². The lowest BCUT2D eigenvalue weighted by atomic mass is 9.93. The van der Waals surface area contributed by atoms with E-state index < -0.39 is 0 Å². The molecular weight excluding hydrogens is 749 g/mol. The van der Waals surface area contributed by atoms with Crippen LogP contribution in [0.3, 0.4) is 0 Å². The third kappa shape index (κ3) is 5.37. The molecule has 0 fully saturated rings. The summed E-state index contributed by atoms with van der Waals surface area (Å²) in [5.41, 5.74) is 9.15. The minimum absolute atomic E-state index is 1.11. The smallest absolute Gasteiger partial charge is 0.0540 e. The molecule has 0 radical (unpaired) electrons. The Balaban J connectivity index is 0.933. The molecule has 0 amide bonds. The molecule has 13 rings (SSSR count). The Hall–Kier alpha value is -8.20. The third-order valence-corrected chi connectivity index (χ3v) is 13.0. The van der Waals surface area contributed by atoms with Crippen LogP contribution in [0, 0.1) is 0 Å². The second-order valence-electron chi connectivity index (χ2n) is 16.5. The van der Waals surface area contributed by atoms with Crippen molar-refractivity contribution in [3.05, 3.63) is 231 Å². The number of anilines is 6. The Morgan fingerprint density at radius 3 is 1.11 bits per heavy atom. The molecule has 0 aliphatic rings. The van der Waals surface area contributed by atoms with Crippen LogP contribution in [-0.4, -0.2) is 0 Å². The molecule has 0 saturated heterocycles. The lowest BCUT2D eigenvalue weighted by Crippen LogP contribution is -2.11. The maximum Gasteiger partial charge on any atom is 0.0540 e. The quantitative estimate of drug-likeness (QED) is 0.149. The number of para-hydroxylation sites is 2. The van der Waals surface area contributed by atoms with Gasteiger partial charge in [-0.2, -0.15) is 0 Å². The van der Waals surface area contributed by atoms with Gasteiger partial charge in [-0.25, -0.2) is 0 Å². The normalized spacial score (nSPS) is 11.9. The topological polar surface area (TPSA) is 6.48 Å². The van der Waals surface area contributed by atoms with Crippen molar-refractivity contribution >= 4 is 110 Å². The van der Waals surface area contributed by atoms with Crippen LogP contribution in [0.1, 0.15) is 0 Å². The Morgan fingerprint density at radius 2 is 0.613 bits per heavy atom. The molecule has 0 unspecified atom stereocenters. The van der Waals surface area contributed by atoms with E-state index in [0.717, 1.165) is 34.1 Å². The van der Waals surface area contributed by atoms with Crippen LogP contribution in [-0.2, 0) is 0 Å². The molecule has 2 heteroatoms. The standard InChI is InChI=1S/C60H38N2/c1-3-15-48(16-4-1)61(51-35-44-25-21-40-11-9-12-41-22-26-45(36-51)59(44)57(40)41)50-31-29-39(30-32-50)53-33-34-56(55-20-8-7-19-54(53)55)62(49-17-5-2-6-18-49)52-37-46-27-23-42-13-10-14-43-24-28-47(38-52)60(46)58(42)43/h1-38H. The fourth-order valence-corrected chi connectivity index (χ4v) is 10.3. The molecule has 2 nitrogen and oxygen atoms in total. The van der Waals surface area contributed by atoms with Crippen molar-refractivity contribution in [3.8, 4) is 11.1 Å². The highest BCUT2D eigenvalue weighted by Gasteiger charge is 2.21. The molecule has 0 bridgehead atoms. The summed E-state index contributed by atoms with van der Waals surface area (Å²) >= 11 is 0. The molecule has 13 aromatic rings. The first-order valence-corrected chi connectivity index (χ1v) is 21.4. The van der Waals surface area contributed by atoms with E-state index >= 15 is 0 Å². The minimum Gasteiger partial charge on any atom is -0.310 e. The van der Waals surface area contributed by atoms with Crippen LogP contribution in [0.15, 0.2) is 231 Å². The van der Waals surface area contributed by atoms with E-state index in [2.05, 4.69) is 240 Å². The first kappa shape index (κ1) is 34.6. The van der Waals surface area contributed by atoms with Crippen LogP contribution < -0.4 is 9.80 Å². The van der Waals surface area contributed by atoms with Crippen LogP contribution >= 0.6 is 0 Å². The summed E-state index contributed by atoms with van der Waals surface area (Å²) in [4.78, 5) is 4.81. The van der Waals surface area contributed by atoms with E-state index in [4.69, 9.17) is 0 Å². The van der Waals surface area contributed by atoms with E-state index in [1.807, 2.05) is 0 Å². The van der Waals surface area contributed by atoms with Crippen molar-refractivity contribution in [1.29, 1.82) is 0 Å². The van der Waals surface area contributed by atoms with Gasteiger partial charge in [0, 0.05) is 33.8 Å². The lowest BCUT2D eigenvalue weighted by molar-refractivity contribution is 1.29. The van der Waals surface area contributed by atoms with Gasteiger partial charge in [0.05, 0.1) is 5.69 Å². The van der Waals surface area contributed by atoms with Gasteiger partial charge in [-0.05, 0) is 148 Å². The summed E-state index contributed by atoms with van der Waals surface area (Å²) < 4.78 is 0. The Labute approximate surface area is 359 Å². The highest BCUT2D eigenvalue weighted by molar-refractivity contribution is 6.25. The first-order chi connectivity index (χ1) is 30.7. The molecule has 0 heterocycles. The van der Waals surface area contributed by atoms with E-state index in [9.17, 15) is 0 Å². The summed E-state index contributed by atoms with van der Waals surface area (Å²) in [6.07, 6.45) is 0. The SMILES string of the molecule is c1ccc(N(c2ccc(-c3ccc(N(c4ccccc4)c4cc5ccc6cccc7ccc(c4)c5c67)c4ccccc34)cc2)c2cc3ccc4cccc5ccc(c2)c3c45)cc1. The Morgan fingerprint density at radius 1 is 0.226 bits per heavy atom. The average Bonchev–Trinajstić information content (AvgIpc) is 3.33. The van der Waals surface area contributed by atoms with Crippen molar-refractivity contribution in [3.63, 3.8) is 0 Å². The number of rotatable bonds is 7. The van der Waals surface area contributed by atoms with Crippen LogP contribution in [0.4, 0.5) is 34.1 Å². The van der Waals surface area contributed by atoms with Crippen molar-refractivity contribution in [2.45, 2.75) is 0 Å². The second kappa shape index (κ2) is 13.7. The largest absolute Gasteiger partial charge is 0.310 e. The average molecular weight is 787 g/mol. The molecule has 0 aliphatic carbocycles. The molecule has 0 atom stereocenters. The highest BCUT2D eigenvalue weighted by atomic mass is 15.1. The highest BCUT2D eigenvalue weighted by Crippen LogP contribution is 2.46. The predicted octanol–water partition coefficient (Wildman–Crippen LogP) is 17.2. The van der Waals surface area contributed by atoms with Crippen LogP contribution in [0.25, 0.3) is 86.5 Å². The minimum atomic E-state index is 1.11. The summed E-state index contributed by atoms with van der Waals surface area (Å²) in [7, 11) is 0. The van der Waals surface area contributed by atoms with E-state index in [1.165, 1.54) is 86.5 Å². The molecule has 62 heavy (non-hydrogen) atoms. The van der Waals surface area contributed by atoms with Crippen molar-refractivity contribution in [1.82, 2.24) is 0 Å². The van der Waals surface area contributed by atoms with Gasteiger partial charge in [0.15, 0.2) is 0 Å². The zero-order chi connectivity index (χ0) is 40.7. The van der Waals surface area contributed by atoms with Gasteiger partial charge in [0.25, 0.3) is 0 Å². The first-order valence-electron chi connectivity index (χ1n) is 21.4. The zero-order valence-electron chi connectivity index (χ0n) is 33.8. The van der Waals surface area contributed by atoms with Crippen molar-refractivity contribution in [2.24, 2.45) is 0 Å². The monoisotopic (exact) mass is 786 g/mol. The van der Waals surface area contributed by atoms with Gasteiger partial charge in [-0.15, -0.1) is 0 Å². The number of benzene rings is 13. The summed E-state index contributed by atoms with van der Waals surface area (Å²) in [6, 6.07) is 84.9. The molecule has 13 aromatic carbocycles. The number of hydrogen-bond donors (Lipinski definition) is 0. The third-order valence-electron chi connectivity index (χ3n) is 13.0. The molecule has 0 aromatic heterocycles.